The van der Waals surface area contributed by atoms with Gasteiger partial charge in [-0.1, -0.05) is 60.6 Å². The van der Waals surface area contributed by atoms with E-state index in [0.29, 0.717) is 18.2 Å². The third-order valence-corrected chi connectivity index (χ3v) is 2.95. The molecule has 1 N–H and O–H groups in total. The van der Waals surface area contributed by atoms with Crippen molar-refractivity contribution >= 4 is 11.6 Å². The van der Waals surface area contributed by atoms with Crippen molar-refractivity contribution in [2.24, 2.45) is 0 Å². The van der Waals surface area contributed by atoms with Crippen LogP contribution >= 0.6 is 11.6 Å². The highest BCUT2D eigenvalue weighted by Crippen LogP contribution is 2.14. The van der Waals surface area contributed by atoms with Gasteiger partial charge in [0.2, 0.25) is 0 Å². The monoisotopic (exact) mass is 287 g/mol. The van der Waals surface area contributed by atoms with Crippen LogP contribution in [0.4, 0.5) is 0 Å². The summed E-state index contributed by atoms with van der Waals surface area (Å²) >= 11 is 5.69. The second-order valence-electron chi connectivity index (χ2n) is 4.54. The molecule has 0 bridgehead atoms. The number of rotatable bonds is 7. The SMILES string of the molecule is C=C(Cl)CNCc1ccc(OCc2ccccc2)cc1. The Bertz CT molecular complexity index is 537. The molecule has 0 aromatic heterocycles. The molecule has 0 radical (unpaired) electrons. The molecule has 0 atom stereocenters. The van der Waals surface area contributed by atoms with E-state index in [1.54, 1.807) is 0 Å². The predicted molar refractivity (Wildman–Crippen MR) is 83.9 cm³/mol. The quantitative estimate of drug-likeness (QED) is 0.827. The van der Waals surface area contributed by atoms with Gasteiger partial charge in [0, 0.05) is 18.1 Å². The summed E-state index contributed by atoms with van der Waals surface area (Å²) in [5.74, 6) is 0.874. The number of nitrogens with one attached hydrogen (secondary N) is 1. The topological polar surface area (TPSA) is 21.3 Å². The summed E-state index contributed by atoms with van der Waals surface area (Å²) in [4.78, 5) is 0. The van der Waals surface area contributed by atoms with Crippen LogP contribution in [0.15, 0.2) is 66.2 Å². The van der Waals surface area contributed by atoms with Crippen LogP contribution in [0, 0.1) is 0 Å². The lowest BCUT2D eigenvalue weighted by Crippen LogP contribution is -2.14. The molecule has 0 amide bonds. The van der Waals surface area contributed by atoms with E-state index in [9.17, 15) is 0 Å². The number of hydrogen-bond donors (Lipinski definition) is 1. The Hall–Kier alpha value is -1.77. The Morgan fingerprint density at radius 1 is 1.00 bits per heavy atom. The zero-order chi connectivity index (χ0) is 14.2. The molecule has 2 rings (SSSR count). The zero-order valence-corrected chi connectivity index (χ0v) is 12.1. The van der Waals surface area contributed by atoms with E-state index >= 15 is 0 Å². The Balaban J connectivity index is 1.81. The second kappa shape index (κ2) is 7.73. The van der Waals surface area contributed by atoms with E-state index < -0.39 is 0 Å². The van der Waals surface area contributed by atoms with Crippen molar-refractivity contribution in [2.45, 2.75) is 13.2 Å². The van der Waals surface area contributed by atoms with Crippen molar-refractivity contribution in [3.63, 3.8) is 0 Å². The molecule has 0 saturated carbocycles. The van der Waals surface area contributed by atoms with Gasteiger partial charge in [0.15, 0.2) is 0 Å². The Morgan fingerprint density at radius 3 is 2.35 bits per heavy atom. The van der Waals surface area contributed by atoms with Crippen molar-refractivity contribution in [3.05, 3.63) is 77.3 Å². The largest absolute Gasteiger partial charge is 0.489 e. The number of ether oxygens (including phenoxy) is 1. The number of halogens is 1. The maximum absolute atomic E-state index is 5.73. The summed E-state index contributed by atoms with van der Waals surface area (Å²) < 4.78 is 5.73. The summed E-state index contributed by atoms with van der Waals surface area (Å²) in [6.07, 6.45) is 0. The maximum Gasteiger partial charge on any atom is 0.119 e. The fourth-order valence-electron chi connectivity index (χ4n) is 1.79. The van der Waals surface area contributed by atoms with E-state index in [1.165, 1.54) is 11.1 Å². The number of hydrogen-bond acceptors (Lipinski definition) is 2. The summed E-state index contributed by atoms with van der Waals surface area (Å²) in [6, 6.07) is 18.2. The van der Waals surface area contributed by atoms with Gasteiger partial charge in [-0.2, -0.15) is 0 Å². The first-order chi connectivity index (χ1) is 9.74. The molecule has 20 heavy (non-hydrogen) atoms. The molecule has 2 aromatic rings. The van der Waals surface area contributed by atoms with Crippen molar-refractivity contribution in [2.75, 3.05) is 6.54 Å². The Labute approximate surface area is 125 Å². The van der Waals surface area contributed by atoms with Crippen LogP contribution in [-0.4, -0.2) is 6.54 Å². The molecule has 0 saturated heterocycles. The predicted octanol–water partition coefficient (Wildman–Crippen LogP) is 4.11. The molecular formula is C17H18ClNO. The average molecular weight is 288 g/mol. The first kappa shape index (κ1) is 14.6. The van der Waals surface area contributed by atoms with Gasteiger partial charge in [0.05, 0.1) is 0 Å². The maximum atomic E-state index is 5.73. The fourth-order valence-corrected chi connectivity index (χ4v) is 1.88. The van der Waals surface area contributed by atoms with Gasteiger partial charge in [-0.05, 0) is 23.3 Å². The molecule has 0 unspecified atom stereocenters. The van der Waals surface area contributed by atoms with Crippen molar-refractivity contribution in [1.82, 2.24) is 5.32 Å². The summed E-state index contributed by atoms with van der Waals surface area (Å²) in [7, 11) is 0. The molecule has 2 nitrogen and oxygen atoms in total. The van der Waals surface area contributed by atoms with E-state index in [1.807, 2.05) is 42.5 Å². The van der Waals surface area contributed by atoms with Crippen molar-refractivity contribution < 1.29 is 4.74 Å². The van der Waals surface area contributed by atoms with E-state index in [0.717, 1.165) is 12.3 Å². The highest BCUT2D eigenvalue weighted by molar-refractivity contribution is 6.29. The minimum Gasteiger partial charge on any atom is -0.489 e. The lowest BCUT2D eigenvalue weighted by Gasteiger charge is -2.08. The summed E-state index contributed by atoms with van der Waals surface area (Å²) in [5.41, 5.74) is 2.36. The minimum absolute atomic E-state index is 0.588. The van der Waals surface area contributed by atoms with Crippen LogP contribution in [0.1, 0.15) is 11.1 Å². The highest BCUT2D eigenvalue weighted by Gasteiger charge is 1.97. The van der Waals surface area contributed by atoms with Crippen LogP contribution in [0.2, 0.25) is 0 Å². The van der Waals surface area contributed by atoms with Gasteiger partial charge in [-0.15, -0.1) is 0 Å². The van der Waals surface area contributed by atoms with Gasteiger partial charge in [0.1, 0.15) is 12.4 Å². The molecule has 3 heteroatoms. The molecule has 2 aromatic carbocycles. The Kier molecular flexibility index (Phi) is 5.66. The summed E-state index contributed by atoms with van der Waals surface area (Å²) in [5, 5.41) is 3.82. The van der Waals surface area contributed by atoms with Gasteiger partial charge < -0.3 is 10.1 Å². The van der Waals surface area contributed by atoms with Crippen LogP contribution in [0.3, 0.4) is 0 Å². The third-order valence-electron chi connectivity index (χ3n) is 2.82. The van der Waals surface area contributed by atoms with Crippen LogP contribution in [-0.2, 0) is 13.2 Å². The molecule has 0 fully saturated rings. The third kappa shape index (κ3) is 5.08. The zero-order valence-electron chi connectivity index (χ0n) is 11.3. The minimum atomic E-state index is 0.588. The fraction of sp³-hybridized carbons (Fsp3) is 0.176. The smallest absolute Gasteiger partial charge is 0.119 e. The lowest BCUT2D eigenvalue weighted by atomic mass is 10.2. The van der Waals surface area contributed by atoms with Gasteiger partial charge in [-0.3, -0.25) is 0 Å². The average Bonchev–Trinajstić information content (AvgIpc) is 2.47. The van der Waals surface area contributed by atoms with E-state index in [2.05, 4.69) is 24.0 Å². The standard InChI is InChI=1S/C17H18ClNO/c1-14(18)11-19-12-15-7-9-17(10-8-15)20-13-16-5-3-2-4-6-16/h2-10,19H,1,11-13H2. The summed E-state index contributed by atoms with van der Waals surface area (Å²) in [6.45, 7) is 5.61. The molecule has 0 aliphatic carbocycles. The molecule has 0 aliphatic heterocycles. The van der Waals surface area contributed by atoms with E-state index in [4.69, 9.17) is 16.3 Å². The Morgan fingerprint density at radius 2 is 1.70 bits per heavy atom. The van der Waals surface area contributed by atoms with Crippen molar-refractivity contribution in [1.29, 1.82) is 0 Å². The first-order valence-electron chi connectivity index (χ1n) is 6.54. The lowest BCUT2D eigenvalue weighted by molar-refractivity contribution is 0.306. The van der Waals surface area contributed by atoms with Crippen LogP contribution in [0.5, 0.6) is 5.75 Å². The highest BCUT2D eigenvalue weighted by atomic mass is 35.5. The van der Waals surface area contributed by atoms with Crippen LogP contribution < -0.4 is 10.1 Å². The van der Waals surface area contributed by atoms with Gasteiger partial charge >= 0.3 is 0 Å². The van der Waals surface area contributed by atoms with E-state index in [-0.39, 0.29) is 0 Å². The molecule has 0 heterocycles. The molecule has 0 spiro atoms. The van der Waals surface area contributed by atoms with Crippen LogP contribution in [0.25, 0.3) is 0 Å². The molecule has 0 aliphatic rings. The van der Waals surface area contributed by atoms with Gasteiger partial charge in [0.25, 0.3) is 0 Å². The normalized spacial score (nSPS) is 10.2. The van der Waals surface area contributed by atoms with Crippen molar-refractivity contribution in [3.8, 4) is 5.75 Å². The molecule has 104 valence electrons. The van der Waals surface area contributed by atoms with Gasteiger partial charge in [-0.25, -0.2) is 0 Å². The second-order valence-corrected chi connectivity index (χ2v) is 5.07. The molecular weight excluding hydrogens is 270 g/mol. The number of benzene rings is 2. The first-order valence-corrected chi connectivity index (χ1v) is 6.91.